The van der Waals surface area contributed by atoms with Gasteiger partial charge >= 0.3 is 0 Å². The minimum atomic E-state index is -0.381. The highest BCUT2D eigenvalue weighted by atomic mass is 16.5. The molecule has 0 radical (unpaired) electrons. The molecule has 39 heavy (non-hydrogen) atoms. The molecule has 1 fully saturated rings. The predicted octanol–water partition coefficient (Wildman–Crippen LogP) is 3.29. The van der Waals surface area contributed by atoms with Crippen LogP contribution in [0.3, 0.4) is 0 Å². The first-order valence-electron chi connectivity index (χ1n) is 13.3. The average molecular weight is 534 g/mol. The van der Waals surface area contributed by atoms with Crippen LogP contribution in [0.2, 0.25) is 0 Å². The van der Waals surface area contributed by atoms with Gasteiger partial charge in [-0.25, -0.2) is 9.97 Å². The van der Waals surface area contributed by atoms with E-state index in [1.807, 2.05) is 6.92 Å². The minimum Gasteiger partial charge on any atom is -0.495 e. The van der Waals surface area contributed by atoms with Crippen LogP contribution in [0.4, 0.5) is 11.6 Å². The maximum atomic E-state index is 12.9. The Balaban J connectivity index is 1.38. The van der Waals surface area contributed by atoms with Crippen molar-refractivity contribution in [3.63, 3.8) is 0 Å². The van der Waals surface area contributed by atoms with Crippen molar-refractivity contribution in [2.24, 2.45) is 0 Å². The lowest BCUT2D eigenvalue weighted by Crippen LogP contribution is -2.43. The third-order valence-corrected chi connectivity index (χ3v) is 7.40. The Labute approximate surface area is 227 Å². The summed E-state index contributed by atoms with van der Waals surface area (Å²) in [6.07, 6.45) is 4.27. The monoisotopic (exact) mass is 533 g/mol. The van der Waals surface area contributed by atoms with Crippen molar-refractivity contribution < 1.29 is 18.8 Å². The van der Waals surface area contributed by atoms with Gasteiger partial charge in [-0.1, -0.05) is 19.0 Å². The molecule has 3 heterocycles. The van der Waals surface area contributed by atoms with E-state index in [0.29, 0.717) is 47.3 Å². The number of hydrogen-bond acceptors (Lipinski definition) is 9. The molecular weight excluding hydrogens is 498 g/mol. The van der Waals surface area contributed by atoms with Gasteiger partial charge in [-0.05, 0) is 70.1 Å². The van der Waals surface area contributed by atoms with Crippen LogP contribution in [-0.2, 0) is 11.8 Å². The number of methoxy groups -OCH3 is 1. The highest BCUT2D eigenvalue weighted by Crippen LogP contribution is 2.43. The van der Waals surface area contributed by atoms with E-state index in [9.17, 15) is 9.59 Å². The van der Waals surface area contributed by atoms with Gasteiger partial charge in [0.25, 0.3) is 11.8 Å². The molecule has 2 amide bonds. The SMILES string of the molecule is CCNC(=O)c1onc2c1C(C)(C)Cc1cnc(Nc3ccc(C(=O)NC4CCN(C)CC4)cc3OC)nc1-2. The molecule has 0 saturated carbocycles. The number of anilines is 2. The largest absolute Gasteiger partial charge is 0.495 e. The number of carbonyl (C=O) groups is 2. The standard InChI is InChI=1S/C28H35N7O4/c1-6-29-26(37)24-21-23(34-39-24)22-17(14-28(21,2)3)15-30-27(33-22)32-19-8-7-16(13-20(19)38-5)25(36)31-18-9-11-35(4)12-10-18/h7-8,13,15,18H,6,9-12,14H2,1-5H3,(H,29,37)(H,31,36)(H,30,32,33). The highest BCUT2D eigenvalue weighted by Gasteiger charge is 2.40. The number of benzene rings is 1. The van der Waals surface area contributed by atoms with Gasteiger partial charge in [-0.3, -0.25) is 9.59 Å². The van der Waals surface area contributed by atoms with E-state index < -0.39 is 0 Å². The molecule has 1 aromatic carbocycles. The summed E-state index contributed by atoms with van der Waals surface area (Å²) in [5.74, 6) is 0.632. The summed E-state index contributed by atoms with van der Waals surface area (Å²) in [7, 11) is 3.65. The Morgan fingerprint density at radius 1 is 1.18 bits per heavy atom. The lowest BCUT2D eigenvalue weighted by Gasteiger charge is -2.30. The van der Waals surface area contributed by atoms with Crippen molar-refractivity contribution in [3.8, 4) is 17.1 Å². The molecule has 3 N–H and O–H groups in total. The summed E-state index contributed by atoms with van der Waals surface area (Å²) < 4.78 is 11.1. The average Bonchev–Trinajstić information content (AvgIpc) is 3.38. The maximum absolute atomic E-state index is 12.9. The second kappa shape index (κ2) is 10.6. The van der Waals surface area contributed by atoms with Crippen molar-refractivity contribution in [1.29, 1.82) is 0 Å². The topological polar surface area (TPSA) is 135 Å². The second-order valence-electron chi connectivity index (χ2n) is 10.8. The summed E-state index contributed by atoms with van der Waals surface area (Å²) in [5.41, 5.74) is 3.58. The Hall–Kier alpha value is -3.99. The van der Waals surface area contributed by atoms with E-state index in [1.165, 1.54) is 0 Å². The molecule has 11 heteroatoms. The summed E-state index contributed by atoms with van der Waals surface area (Å²) in [5, 5.41) is 13.4. The fourth-order valence-corrected chi connectivity index (χ4v) is 5.32. The van der Waals surface area contributed by atoms with E-state index in [0.717, 1.165) is 37.1 Å². The first kappa shape index (κ1) is 26.6. The molecule has 0 atom stereocenters. The van der Waals surface area contributed by atoms with Gasteiger partial charge < -0.3 is 30.1 Å². The predicted molar refractivity (Wildman–Crippen MR) is 147 cm³/mol. The second-order valence-corrected chi connectivity index (χ2v) is 10.8. The third-order valence-electron chi connectivity index (χ3n) is 7.40. The summed E-state index contributed by atoms with van der Waals surface area (Å²) in [6, 6.07) is 5.41. The lowest BCUT2D eigenvalue weighted by atomic mass is 9.73. The van der Waals surface area contributed by atoms with Crippen molar-refractivity contribution in [1.82, 2.24) is 30.7 Å². The number of carbonyl (C=O) groups excluding carboxylic acids is 2. The van der Waals surface area contributed by atoms with E-state index in [2.05, 4.69) is 51.9 Å². The third kappa shape index (κ3) is 5.31. The molecule has 0 bridgehead atoms. The zero-order chi connectivity index (χ0) is 27.7. The molecule has 2 aliphatic rings. The zero-order valence-electron chi connectivity index (χ0n) is 23.1. The highest BCUT2D eigenvalue weighted by molar-refractivity contribution is 5.96. The van der Waals surface area contributed by atoms with Crippen molar-refractivity contribution in [2.45, 2.75) is 51.5 Å². The van der Waals surface area contributed by atoms with Crippen LogP contribution in [0.1, 0.15) is 65.7 Å². The van der Waals surface area contributed by atoms with Crippen molar-refractivity contribution in [2.75, 3.05) is 39.1 Å². The number of likely N-dealkylation sites (tertiary alicyclic amines) is 1. The van der Waals surface area contributed by atoms with Crippen LogP contribution >= 0.6 is 0 Å². The van der Waals surface area contributed by atoms with Crippen molar-refractivity contribution >= 4 is 23.5 Å². The number of ether oxygens (including phenoxy) is 1. The molecular formula is C28H35N7O4. The number of amides is 2. The van der Waals surface area contributed by atoms with E-state index >= 15 is 0 Å². The fraction of sp³-hybridized carbons (Fsp3) is 0.464. The smallest absolute Gasteiger partial charge is 0.290 e. The van der Waals surface area contributed by atoms with Gasteiger partial charge in [0.2, 0.25) is 11.7 Å². The van der Waals surface area contributed by atoms with Crippen LogP contribution in [0.5, 0.6) is 5.75 Å². The summed E-state index contributed by atoms with van der Waals surface area (Å²) in [4.78, 5) is 37.0. The van der Waals surface area contributed by atoms with E-state index in [4.69, 9.17) is 14.2 Å². The van der Waals surface area contributed by atoms with Crippen LogP contribution in [0.15, 0.2) is 28.9 Å². The molecule has 1 aliphatic carbocycles. The molecule has 0 unspecified atom stereocenters. The van der Waals surface area contributed by atoms with Crippen LogP contribution < -0.4 is 20.7 Å². The molecule has 0 spiro atoms. The van der Waals surface area contributed by atoms with Gasteiger partial charge in [-0.2, -0.15) is 0 Å². The number of fused-ring (bicyclic) bond motifs is 3. The molecule has 2 aromatic heterocycles. The minimum absolute atomic E-state index is 0.122. The van der Waals surface area contributed by atoms with Gasteiger partial charge in [-0.15, -0.1) is 0 Å². The number of rotatable bonds is 7. The Morgan fingerprint density at radius 3 is 2.67 bits per heavy atom. The summed E-state index contributed by atoms with van der Waals surface area (Å²) in [6.45, 7) is 8.39. The van der Waals surface area contributed by atoms with Crippen LogP contribution in [-0.4, -0.2) is 71.7 Å². The molecule has 3 aromatic rings. The summed E-state index contributed by atoms with van der Waals surface area (Å²) >= 11 is 0. The zero-order valence-corrected chi connectivity index (χ0v) is 23.1. The molecule has 206 valence electrons. The number of nitrogens with zero attached hydrogens (tertiary/aromatic N) is 4. The normalized spacial score (nSPS) is 16.6. The number of hydrogen-bond donors (Lipinski definition) is 3. The maximum Gasteiger partial charge on any atom is 0.290 e. The number of aromatic nitrogens is 3. The number of nitrogens with one attached hydrogen (secondary N) is 3. The quantitative estimate of drug-likeness (QED) is 0.418. The van der Waals surface area contributed by atoms with Gasteiger partial charge in [0.15, 0.2) is 0 Å². The number of piperidine rings is 1. The Kier molecular flexibility index (Phi) is 7.26. The van der Waals surface area contributed by atoms with Gasteiger partial charge in [0.05, 0.1) is 12.8 Å². The lowest BCUT2D eigenvalue weighted by molar-refractivity contribution is 0.0908. The molecule has 1 aliphatic heterocycles. The van der Waals surface area contributed by atoms with Crippen LogP contribution in [0, 0.1) is 0 Å². The van der Waals surface area contributed by atoms with Gasteiger partial charge in [0, 0.05) is 35.3 Å². The van der Waals surface area contributed by atoms with E-state index in [1.54, 1.807) is 31.5 Å². The molecule has 11 nitrogen and oxygen atoms in total. The van der Waals surface area contributed by atoms with Gasteiger partial charge in [0.1, 0.15) is 17.1 Å². The van der Waals surface area contributed by atoms with Crippen molar-refractivity contribution in [3.05, 3.63) is 46.8 Å². The Morgan fingerprint density at radius 2 is 1.95 bits per heavy atom. The first-order valence-corrected chi connectivity index (χ1v) is 13.3. The fourth-order valence-electron chi connectivity index (χ4n) is 5.32. The van der Waals surface area contributed by atoms with Crippen LogP contribution in [0.25, 0.3) is 11.4 Å². The molecule has 5 rings (SSSR count). The first-order chi connectivity index (χ1) is 18.7. The molecule has 1 saturated heterocycles. The Bertz CT molecular complexity index is 1390. The van der Waals surface area contributed by atoms with E-state index in [-0.39, 0.29) is 29.0 Å².